The van der Waals surface area contributed by atoms with Gasteiger partial charge in [-0.2, -0.15) is 5.10 Å². The Morgan fingerprint density at radius 1 is 1.33 bits per heavy atom. The van der Waals surface area contributed by atoms with Crippen molar-refractivity contribution >= 4 is 12.0 Å². The van der Waals surface area contributed by atoms with Crippen molar-refractivity contribution in [1.29, 1.82) is 0 Å². The number of amides is 2. The van der Waals surface area contributed by atoms with Crippen LogP contribution >= 0.6 is 0 Å². The predicted molar refractivity (Wildman–Crippen MR) is 74.5 cm³/mol. The summed E-state index contributed by atoms with van der Waals surface area (Å²) in [5.74, 6) is -0.442. The number of carboxylic acids is 1. The molecule has 0 saturated heterocycles. The summed E-state index contributed by atoms with van der Waals surface area (Å²) >= 11 is 0. The van der Waals surface area contributed by atoms with Gasteiger partial charge in [0.2, 0.25) is 0 Å². The SMILES string of the molecule is CC(NC(=O)NC1(C(=O)O)CCCCCC1)c1ncn[nH]1. The number of carbonyl (C=O) groups excluding carboxylic acids is 1. The highest BCUT2D eigenvalue weighted by molar-refractivity contribution is 5.86. The third-order valence-corrected chi connectivity index (χ3v) is 3.91. The van der Waals surface area contributed by atoms with E-state index in [2.05, 4.69) is 25.8 Å². The van der Waals surface area contributed by atoms with Crippen LogP contribution in [-0.2, 0) is 4.79 Å². The van der Waals surface area contributed by atoms with Gasteiger partial charge in [-0.15, -0.1) is 0 Å². The Hall–Kier alpha value is -2.12. The van der Waals surface area contributed by atoms with Gasteiger partial charge in [0, 0.05) is 0 Å². The lowest BCUT2D eigenvalue weighted by molar-refractivity contribution is -0.145. The molecule has 2 rings (SSSR count). The Kier molecular flexibility index (Phi) is 4.77. The molecule has 1 aromatic rings. The number of hydrogen-bond acceptors (Lipinski definition) is 4. The van der Waals surface area contributed by atoms with Crippen LogP contribution < -0.4 is 10.6 Å². The molecule has 4 N–H and O–H groups in total. The van der Waals surface area contributed by atoms with E-state index in [9.17, 15) is 14.7 Å². The van der Waals surface area contributed by atoms with E-state index in [1.165, 1.54) is 6.33 Å². The van der Waals surface area contributed by atoms with Crippen LogP contribution in [0.1, 0.15) is 57.3 Å². The zero-order valence-corrected chi connectivity index (χ0v) is 12.1. The van der Waals surface area contributed by atoms with Gasteiger partial charge in [-0.05, 0) is 19.8 Å². The van der Waals surface area contributed by atoms with Gasteiger partial charge in [-0.1, -0.05) is 25.7 Å². The summed E-state index contributed by atoms with van der Waals surface area (Å²) in [5, 5.41) is 21.2. The number of carboxylic acid groups (broad SMARTS) is 1. The number of nitrogens with one attached hydrogen (secondary N) is 3. The zero-order valence-electron chi connectivity index (χ0n) is 12.1. The monoisotopic (exact) mass is 295 g/mol. The van der Waals surface area contributed by atoms with Gasteiger partial charge < -0.3 is 15.7 Å². The third kappa shape index (κ3) is 3.71. The standard InChI is InChI=1S/C13H21N5O3/c1-9(10-14-8-15-18-10)16-12(21)17-13(11(19)20)6-4-2-3-5-7-13/h8-9H,2-7H2,1H3,(H,19,20)(H,14,15,18)(H2,16,17,21). The Morgan fingerprint density at radius 3 is 2.52 bits per heavy atom. The molecule has 8 heteroatoms. The number of carbonyl (C=O) groups is 2. The minimum absolute atomic E-state index is 0.371. The van der Waals surface area contributed by atoms with Crippen molar-refractivity contribution in [2.45, 2.75) is 57.0 Å². The van der Waals surface area contributed by atoms with E-state index in [1.807, 2.05) is 0 Å². The first-order valence-electron chi connectivity index (χ1n) is 7.21. The Labute approximate surface area is 122 Å². The molecule has 0 spiro atoms. The normalized spacial score (nSPS) is 19.3. The maximum Gasteiger partial charge on any atom is 0.329 e. The molecule has 1 aliphatic rings. The number of rotatable bonds is 4. The lowest BCUT2D eigenvalue weighted by Crippen LogP contribution is -2.57. The first-order valence-corrected chi connectivity index (χ1v) is 7.21. The largest absolute Gasteiger partial charge is 0.480 e. The van der Waals surface area contributed by atoms with Crippen molar-refractivity contribution in [2.75, 3.05) is 0 Å². The second kappa shape index (κ2) is 6.55. The minimum Gasteiger partial charge on any atom is -0.480 e. The van der Waals surface area contributed by atoms with Crippen molar-refractivity contribution in [3.8, 4) is 0 Å². The summed E-state index contributed by atoms with van der Waals surface area (Å²) in [6, 6.07) is -0.868. The number of aromatic nitrogens is 3. The second-order valence-corrected chi connectivity index (χ2v) is 5.49. The smallest absolute Gasteiger partial charge is 0.329 e. The Morgan fingerprint density at radius 2 is 2.00 bits per heavy atom. The lowest BCUT2D eigenvalue weighted by Gasteiger charge is -2.29. The van der Waals surface area contributed by atoms with Gasteiger partial charge >= 0.3 is 12.0 Å². The highest BCUT2D eigenvalue weighted by atomic mass is 16.4. The molecule has 1 aromatic heterocycles. The Balaban J connectivity index is 1.99. The van der Waals surface area contributed by atoms with Crippen LogP contribution in [0, 0.1) is 0 Å². The van der Waals surface area contributed by atoms with Crippen molar-refractivity contribution in [2.24, 2.45) is 0 Å². The average Bonchev–Trinajstić information content (AvgIpc) is 2.86. The maximum absolute atomic E-state index is 12.1. The van der Waals surface area contributed by atoms with E-state index in [4.69, 9.17) is 0 Å². The minimum atomic E-state index is -1.16. The number of H-pyrrole nitrogens is 1. The van der Waals surface area contributed by atoms with E-state index in [0.29, 0.717) is 18.7 Å². The summed E-state index contributed by atoms with van der Waals surface area (Å²) in [7, 11) is 0. The molecule has 1 heterocycles. The summed E-state index contributed by atoms with van der Waals surface area (Å²) in [4.78, 5) is 27.7. The van der Waals surface area contributed by atoms with E-state index in [-0.39, 0.29) is 6.04 Å². The molecule has 2 amide bonds. The van der Waals surface area contributed by atoms with Gasteiger partial charge in [0.1, 0.15) is 17.7 Å². The molecule has 0 radical (unpaired) electrons. The van der Waals surface area contributed by atoms with Crippen LogP contribution in [0.4, 0.5) is 4.79 Å². The zero-order chi connectivity index (χ0) is 15.3. The number of nitrogens with zero attached hydrogens (tertiary/aromatic N) is 2. The molecule has 116 valence electrons. The van der Waals surface area contributed by atoms with E-state index in [0.717, 1.165) is 25.7 Å². The molecular weight excluding hydrogens is 274 g/mol. The number of urea groups is 1. The number of hydrogen-bond donors (Lipinski definition) is 4. The van der Waals surface area contributed by atoms with E-state index < -0.39 is 17.5 Å². The number of aromatic amines is 1. The molecule has 1 saturated carbocycles. The van der Waals surface area contributed by atoms with Crippen molar-refractivity contribution in [3.05, 3.63) is 12.2 Å². The average molecular weight is 295 g/mol. The van der Waals surface area contributed by atoms with Gasteiger partial charge in [0.05, 0.1) is 6.04 Å². The highest BCUT2D eigenvalue weighted by Gasteiger charge is 2.40. The van der Waals surface area contributed by atoms with Gasteiger partial charge in [0.15, 0.2) is 0 Å². The van der Waals surface area contributed by atoms with Crippen molar-refractivity contribution in [3.63, 3.8) is 0 Å². The number of aliphatic carboxylic acids is 1. The van der Waals surface area contributed by atoms with E-state index >= 15 is 0 Å². The summed E-state index contributed by atoms with van der Waals surface area (Å²) in [5.41, 5.74) is -1.16. The fraction of sp³-hybridized carbons (Fsp3) is 0.692. The Bertz CT molecular complexity index is 480. The molecule has 0 aliphatic heterocycles. The van der Waals surface area contributed by atoms with Crippen molar-refractivity contribution < 1.29 is 14.7 Å². The topological polar surface area (TPSA) is 120 Å². The summed E-state index contributed by atoms with van der Waals surface area (Å²) < 4.78 is 0. The molecule has 8 nitrogen and oxygen atoms in total. The van der Waals surface area contributed by atoms with Gasteiger partial charge in [-0.25, -0.2) is 14.6 Å². The van der Waals surface area contributed by atoms with Crippen LogP contribution in [0.15, 0.2) is 6.33 Å². The van der Waals surface area contributed by atoms with Crippen LogP contribution in [0.25, 0.3) is 0 Å². The lowest BCUT2D eigenvalue weighted by atomic mass is 9.90. The fourth-order valence-electron chi connectivity index (χ4n) is 2.67. The van der Waals surface area contributed by atoms with Crippen LogP contribution in [-0.4, -0.2) is 37.8 Å². The molecule has 1 fully saturated rings. The molecule has 21 heavy (non-hydrogen) atoms. The van der Waals surface area contributed by atoms with Gasteiger partial charge in [0.25, 0.3) is 0 Å². The summed E-state index contributed by atoms with van der Waals surface area (Å²) in [6.45, 7) is 1.75. The van der Waals surface area contributed by atoms with Crippen molar-refractivity contribution in [1.82, 2.24) is 25.8 Å². The molecule has 0 bridgehead atoms. The molecule has 1 aliphatic carbocycles. The fourth-order valence-corrected chi connectivity index (χ4v) is 2.67. The van der Waals surface area contributed by atoms with Crippen LogP contribution in [0.5, 0.6) is 0 Å². The molecule has 0 aromatic carbocycles. The third-order valence-electron chi connectivity index (χ3n) is 3.91. The quantitative estimate of drug-likeness (QED) is 0.625. The molecule has 1 unspecified atom stereocenters. The highest BCUT2D eigenvalue weighted by Crippen LogP contribution is 2.27. The molecule has 1 atom stereocenters. The maximum atomic E-state index is 12.1. The first-order chi connectivity index (χ1) is 10.0. The first kappa shape index (κ1) is 15.3. The van der Waals surface area contributed by atoms with Gasteiger partial charge in [-0.3, -0.25) is 5.10 Å². The van der Waals surface area contributed by atoms with E-state index in [1.54, 1.807) is 6.92 Å². The van der Waals surface area contributed by atoms with Crippen LogP contribution in [0.2, 0.25) is 0 Å². The van der Waals surface area contributed by atoms with Crippen LogP contribution in [0.3, 0.4) is 0 Å². The summed E-state index contributed by atoms with van der Waals surface area (Å²) in [6.07, 6.45) is 5.92. The predicted octanol–water partition coefficient (Wildman–Crippen LogP) is 1.34. The second-order valence-electron chi connectivity index (χ2n) is 5.49. The molecular formula is C13H21N5O3.